The summed E-state index contributed by atoms with van der Waals surface area (Å²) in [5.41, 5.74) is 5.49. The molecule has 0 aromatic carbocycles. The number of carbonyl (C=O) groups is 2. The highest BCUT2D eigenvalue weighted by Gasteiger charge is 2.08. The zero-order chi connectivity index (χ0) is 16.6. The number of methoxy groups -OCH3 is 2. The Morgan fingerprint density at radius 3 is 2.23 bits per heavy atom. The Morgan fingerprint density at radius 2 is 1.59 bits per heavy atom. The van der Waals surface area contributed by atoms with Crippen LogP contribution in [0.1, 0.15) is 32.1 Å². The van der Waals surface area contributed by atoms with Crippen molar-refractivity contribution in [3.05, 3.63) is 0 Å². The summed E-state index contributed by atoms with van der Waals surface area (Å²) in [5, 5.41) is 3.21. The minimum atomic E-state index is -0.211. The summed E-state index contributed by atoms with van der Waals surface area (Å²) < 4.78 is 9.26. The van der Waals surface area contributed by atoms with Crippen molar-refractivity contribution < 1.29 is 19.1 Å². The molecule has 0 bridgehead atoms. The van der Waals surface area contributed by atoms with Gasteiger partial charge in [-0.05, 0) is 25.9 Å². The number of hydrogen-bond acceptors (Lipinski definition) is 7. The van der Waals surface area contributed by atoms with Gasteiger partial charge in [0.15, 0.2) is 0 Å². The number of nitrogens with one attached hydrogen (secondary N) is 1. The van der Waals surface area contributed by atoms with E-state index in [9.17, 15) is 9.59 Å². The number of unbranched alkanes of at least 4 members (excludes halogenated alkanes) is 2. The normalized spacial score (nSPS) is 10.7. The van der Waals surface area contributed by atoms with Crippen LogP contribution in [-0.2, 0) is 19.1 Å². The van der Waals surface area contributed by atoms with E-state index in [0.29, 0.717) is 25.9 Å². The Labute approximate surface area is 133 Å². The molecule has 22 heavy (non-hydrogen) atoms. The molecule has 0 aromatic rings. The highest BCUT2D eigenvalue weighted by Crippen LogP contribution is 2.00. The number of ether oxygens (including phenoxy) is 2. The fourth-order valence-electron chi connectivity index (χ4n) is 2.00. The number of rotatable bonds is 14. The smallest absolute Gasteiger partial charge is 0.306 e. The van der Waals surface area contributed by atoms with E-state index >= 15 is 0 Å². The van der Waals surface area contributed by atoms with E-state index in [-0.39, 0.29) is 11.9 Å². The first-order chi connectivity index (χ1) is 10.6. The van der Waals surface area contributed by atoms with Gasteiger partial charge in [-0.15, -0.1) is 0 Å². The van der Waals surface area contributed by atoms with Crippen LogP contribution in [0, 0.1) is 0 Å². The van der Waals surface area contributed by atoms with E-state index in [2.05, 4.69) is 19.7 Å². The first-order valence-electron chi connectivity index (χ1n) is 7.90. The molecule has 0 atom stereocenters. The van der Waals surface area contributed by atoms with E-state index in [1.807, 2.05) is 0 Å². The maximum Gasteiger partial charge on any atom is 0.306 e. The van der Waals surface area contributed by atoms with Crippen LogP contribution in [0.25, 0.3) is 0 Å². The van der Waals surface area contributed by atoms with Gasteiger partial charge in [-0.1, -0.05) is 6.42 Å². The van der Waals surface area contributed by atoms with E-state index in [1.54, 1.807) is 0 Å². The minimum absolute atomic E-state index is 0.189. The lowest BCUT2D eigenvalue weighted by Crippen LogP contribution is -2.35. The van der Waals surface area contributed by atoms with Gasteiger partial charge >= 0.3 is 11.9 Å². The Hall–Kier alpha value is -1.18. The molecule has 3 N–H and O–H groups in total. The Balaban J connectivity index is 3.89. The number of esters is 2. The van der Waals surface area contributed by atoms with Gasteiger partial charge in [-0.2, -0.15) is 0 Å². The average Bonchev–Trinajstić information content (AvgIpc) is 2.54. The Kier molecular flexibility index (Phi) is 14.0. The molecule has 0 aromatic heterocycles. The van der Waals surface area contributed by atoms with Crippen LogP contribution in [0.4, 0.5) is 0 Å². The molecular weight excluding hydrogens is 286 g/mol. The second kappa shape index (κ2) is 14.7. The fourth-order valence-corrected chi connectivity index (χ4v) is 2.00. The molecule has 0 spiro atoms. The zero-order valence-electron chi connectivity index (χ0n) is 13.9. The molecule has 0 saturated heterocycles. The average molecular weight is 317 g/mol. The van der Waals surface area contributed by atoms with Crippen molar-refractivity contribution in [3.63, 3.8) is 0 Å². The van der Waals surface area contributed by atoms with Crippen molar-refractivity contribution in [1.29, 1.82) is 0 Å². The molecule has 0 amide bonds. The van der Waals surface area contributed by atoms with Crippen molar-refractivity contribution >= 4 is 11.9 Å². The third-order valence-electron chi connectivity index (χ3n) is 3.38. The summed E-state index contributed by atoms with van der Waals surface area (Å²) in [6.07, 6.45) is 3.97. The molecular formula is C15H31N3O4. The molecule has 0 aliphatic carbocycles. The summed E-state index contributed by atoms with van der Waals surface area (Å²) in [6, 6.07) is 0. The molecule has 0 aliphatic heterocycles. The summed E-state index contributed by atoms with van der Waals surface area (Å²) in [5.74, 6) is -0.401. The van der Waals surface area contributed by atoms with Gasteiger partial charge in [0.1, 0.15) is 0 Å². The van der Waals surface area contributed by atoms with E-state index in [0.717, 1.165) is 45.4 Å². The lowest BCUT2D eigenvalue weighted by atomic mass is 10.2. The van der Waals surface area contributed by atoms with E-state index < -0.39 is 0 Å². The monoisotopic (exact) mass is 317 g/mol. The highest BCUT2D eigenvalue weighted by molar-refractivity contribution is 5.69. The van der Waals surface area contributed by atoms with Crippen molar-refractivity contribution in [2.75, 3.05) is 53.5 Å². The maximum absolute atomic E-state index is 11.2. The van der Waals surface area contributed by atoms with Crippen LogP contribution in [0.3, 0.4) is 0 Å². The number of carbonyl (C=O) groups excluding carboxylic acids is 2. The lowest BCUT2D eigenvalue weighted by Gasteiger charge is -2.22. The van der Waals surface area contributed by atoms with Crippen LogP contribution in [-0.4, -0.2) is 70.3 Å². The van der Waals surface area contributed by atoms with Gasteiger partial charge in [0.2, 0.25) is 0 Å². The highest BCUT2D eigenvalue weighted by atomic mass is 16.5. The molecule has 7 heteroatoms. The predicted octanol–water partition coefficient (Wildman–Crippen LogP) is 0.133. The second-order valence-corrected chi connectivity index (χ2v) is 5.09. The van der Waals surface area contributed by atoms with Gasteiger partial charge in [0, 0.05) is 26.2 Å². The van der Waals surface area contributed by atoms with Crippen molar-refractivity contribution in [2.24, 2.45) is 5.73 Å². The predicted molar refractivity (Wildman–Crippen MR) is 85.5 cm³/mol. The molecule has 0 radical (unpaired) electrons. The summed E-state index contributed by atoms with van der Waals surface area (Å²) in [7, 11) is 2.79. The van der Waals surface area contributed by atoms with Gasteiger partial charge in [-0.3, -0.25) is 9.59 Å². The van der Waals surface area contributed by atoms with Crippen molar-refractivity contribution in [3.8, 4) is 0 Å². The third kappa shape index (κ3) is 12.6. The number of nitrogens with zero attached hydrogens (tertiary/aromatic N) is 1. The first-order valence-corrected chi connectivity index (χ1v) is 7.90. The third-order valence-corrected chi connectivity index (χ3v) is 3.38. The van der Waals surface area contributed by atoms with E-state index in [4.69, 9.17) is 5.73 Å². The number of nitrogens with two attached hydrogens (primary N) is 1. The standard InChI is InChI=1S/C15H31N3O4/c1-21-14(19)6-9-17-10-13-18(11-5-3-4-8-16)12-7-15(20)22-2/h17H,3-13,16H2,1-2H3. The van der Waals surface area contributed by atoms with Gasteiger partial charge in [-0.25, -0.2) is 0 Å². The Bertz CT molecular complexity index is 301. The van der Waals surface area contributed by atoms with Crippen LogP contribution < -0.4 is 11.1 Å². The van der Waals surface area contributed by atoms with Crippen LogP contribution in [0.5, 0.6) is 0 Å². The topological polar surface area (TPSA) is 93.9 Å². The minimum Gasteiger partial charge on any atom is -0.469 e. The summed E-state index contributed by atoms with van der Waals surface area (Å²) >= 11 is 0. The largest absolute Gasteiger partial charge is 0.469 e. The second-order valence-electron chi connectivity index (χ2n) is 5.09. The van der Waals surface area contributed by atoms with Crippen molar-refractivity contribution in [1.82, 2.24) is 10.2 Å². The van der Waals surface area contributed by atoms with Gasteiger partial charge in [0.25, 0.3) is 0 Å². The molecule has 130 valence electrons. The molecule has 0 aliphatic rings. The molecule has 7 nitrogen and oxygen atoms in total. The quantitative estimate of drug-likeness (QED) is 0.347. The van der Waals surface area contributed by atoms with Crippen LogP contribution >= 0.6 is 0 Å². The number of hydrogen-bond donors (Lipinski definition) is 2. The van der Waals surface area contributed by atoms with Gasteiger partial charge < -0.3 is 25.4 Å². The van der Waals surface area contributed by atoms with E-state index in [1.165, 1.54) is 14.2 Å². The fraction of sp³-hybridized carbons (Fsp3) is 0.867. The first kappa shape index (κ1) is 20.8. The molecule has 0 rings (SSSR count). The van der Waals surface area contributed by atoms with Crippen LogP contribution in [0.2, 0.25) is 0 Å². The zero-order valence-corrected chi connectivity index (χ0v) is 13.9. The van der Waals surface area contributed by atoms with Crippen molar-refractivity contribution in [2.45, 2.75) is 32.1 Å². The molecule has 0 unspecified atom stereocenters. The molecule has 0 heterocycles. The summed E-state index contributed by atoms with van der Waals surface area (Å²) in [6.45, 7) is 4.56. The van der Waals surface area contributed by atoms with Gasteiger partial charge in [0.05, 0.1) is 27.1 Å². The molecule has 0 saturated carbocycles. The lowest BCUT2D eigenvalue weighted by molar-refractivity contribution is -0.141. The Morgan fingerprint density at radius 1 is 0.909 bits per heavy atom. The maximum atomic E-state index is 11.2. The molecule has 0 fully saturated rings. The summed E-state index contributed by atoms with van der Waals surface area (Å²) in [4.78, 5) is 24.5. The SMILES string of the molecule is COC(=O)CCNCCN(CCCCCN)CCC(=O)OC. The van der Waals surface area contributed by atoms with Crippen LogP contribution in [0.15, 0.2) is 0 Å².